The number of hydrogen-bond acceptors (Lipinski definition) is 4. The molecule has 0 saturated carbocycles. The Labute approximate surface area is 233 Å². The van der Waals surface area contributed by atoms with Crippen LogP contribution >= 0.6 is 0 Å². The summed E-state index contributed by atoms with van der Waals surface area (Å²) in [5, 5.41) is 10.8. The number of carbonyl (C=O) groups is 1. The van der Waals surface area contributed by atoms with Crippen molar-refractivity contribution in [2.75, 3.05) is 32.8 Å². The summed E-state index contributed by atoms with van der Waals surface area (Å²) in [6.07, 6.45) is -2.82. The Bertz CT molecular complexity index is 1350. The predicted octanol–water partition coefficient (Wildman–Crippen LogP) is 5.92. The van der Waals surface area contributed by atoms with E-state index in [0.717, 1.165) is 41.0 Å². The highest BCUT2D eigenvalue weighted by molar-refractivity contribution is 5.92. The molecule has 4 heterocycles. The molecule has 9 heteroatoms. The number of fused-ring (bicyclic) bond motifs is 1. The lowest BCUT2D eigenvalue weighted by atomic mass is 9.87. The van der Waals surface area contributed by atoms with Crippen LogP contribution in [0.2, 0.25) is 0 Å². The van der Waals surface area contributed by atoms with Gasteiger partial charge in [-0.25, -0.2) is 0 Å². The average molecular weight is 557 g/mol. The number of amides is 1. The zero-order chi connectivity index (χ0) is 28.8. The molecule has 5 rings (SSSR count). The number of aliphatic hydroxyl groups is 1. The molecule has 1 amide bonds. The van der Waals surface area contributed by atoms with Crippen molar-refractivity contribution >= 4 is 16.8 Å². The zero-order valence-corrected chi connectivity index (χ0v) is 23.7. The van der Waals surface area contributed by atoms with Gasteiger partial charge in [-0.1, -0.05) is 19.9 Å². The van der Waals surface area contributed by atoms with Gasteiger partial charge in [-0.15, -0.1) is 0 Å². The van der Waals surface area contributed by atoms with E-state index in [1.54, 1.807) is 0 Å². The number of piperidine rings is 1. The number of H-pyrrole nitrogens is 1. The number of halogens is 3. The van der Waals surface area contributed by atoms with Crippen molar-refractivity contribution in [1.29, 1.82) is 0 Å². The summed E-state index contributed by atoms with van der Waals surface area (Å²) in [5.41, 5.74) is 7.95. The molecule has 6 nitrogen and oxygen atoms in total. The van der Waals surface area contributed by atoms with Gasteiger partial charge in [0.2, 0.25) is 5.91 Å². The molecule has 216 valence electrons. The van der Waals surface area contributed by atoms with Crippen LogP contribution in [0.5, 0.6) is 0 Å². The number of rotatable bonds is 6. The Hall–Kier alpha value is -2.91. The van der Waals surface area contributed by atoms with Crippen molar-refractivity contribution in [1.82, 2.24) is 19.8 Å². The van der Waals surface area contributed by atoms with E-state index in [-0.39, 0.29) is 25.4 Å². The maximum atomic E-state index is 13.2. The van der Waals surface area contributed by atoms with Crippen LogP contribution in [0, 0.1) is 19.8 Å². The molecule has 2 saturated heterocycles. The molecule has 2 aliphatic heterocycles. The molecule has 0 aliphatic carbocycles. The number of aliphatic hydroxyl groups excluding tert-OH is 1. The number of nitrogens with one attached hydrogen (secondary N) is 1. The van der Waals surface area contributed by atoms with Crippen LogP contribution in [-0.4, -0.2) is 75.8 Å². The van der Waals surface area contributed by atoms with E-state index in [2.05, 4.69) is 54.1 Å². The van der Waals surface area contributed by atoms with Gasteiger partial charge in [-0.2, -0.15) is 13.2 Å². The number of pyridine rings is 1. The first-order chi connectivity index (χ1) is 18.9. The molecule has 2 aliphatic rings. The Morgan fingerprint density at radius 2 is 1.80 bits per heavy atom. The minimum atomic E-state index is -4.35. The van der Waals surface area contributed by atoms with Crippen LogP contribution in [0.15, 0.2) is 30.3 Å². The molecule has 0 radical (unpaired) electrons. The molecule has 0 bridgehead atoms. The van der Waals surface area contributed by atoms with Crippen molar-refractivity contribution in [2.45, 2.75) is 71.0 Å². The lowest BCUT2D eigenvalue weighted by Gasteiger charge is -2.33. The van der Waals surface area contributed by atoms with Gasteiger partial charge < -0.3 is 15.0 Å². The van der Waals surface area contributed by atoms with Gasteiger partial charge in [0.1, 0.15) is 0 Å². The first-order valence-electron chi connectivity index (χ1n) is 14.2. The van der Waals surface area contributed by atoms with Crippen molar-refractivity contribution in [3.63, 3.8) is 0 Å². The highest BCUT2D eigenvalue weighted by atomic mass is 19.4. The van der Waals surface area contributed by atoms with E-state index < -0.39 is 24.7 Å². The summed E-state index contributed by atoms with van der Waals surface area (Å²) in [7, 11) is 0. The molecule has 2 fully saturated rings. The fraction of sp³-hybridized carbons (Fsp3) is 0.548. The van der Waals surface area contributed by atoms with Crippen LogP contribution in [0.3, 0.4) is 0 Å². The number of benzene rings is 1. The van der Waals surface area contributed by atoms with Crippen molar-refractivity contribution in [3.8, 4) is 11.3 Å². The molecule has 1 aromatic carbocycles. The number of carbonyl (C=O) groups excluding carboxylic acids is 1. The molecule has 2 N–H and O–H groups in total. The fourth-order valence-corrected chi connectivity index (χ4v) is 6.63. The fourth-order valence-electron chi connectivity index (χ4n) is 6.63. The molecule has 40 heavy (non-hydrogen) atoms. The Morgan fingerprint density at radius 1 is 1.12 bits per heavy atom. The van der Waals surface area contributed by atoms with E-state index in [1.807, 2.05) is 18.7 Å². The first kappa shape index (κ1) is 28.6. The third-order valence-electron chi connectivity index (χ3n) is 8.64. The summed E-state index contributed by atoms with van der Waals surface area (Å²) in [6.45, 7) is 9.17. The van der Waals surface area contributed by atoms with Gasteiger partial charge in [-0.3, -0.25) is 14.7 Å². The largest absolute Gasteiger partial charge is 0.394 e. The van der Waals surface area contributed by atoms with E-state index >= 15 is 0 Å². The lowest BCUT2D eigenvalue weighted by Crippen LogP contribution is -2.46. The van der Waals surface area contributed by atoms with Crippen LogP contribution in [0.1, 0.15) is 67.5 Å². The van der Waals surface area contributed by atoms with Crippen molar-refractivity contribution < 1.29 is 23.1 Å². The molecule has 0 unspecified atom stereocenters. The number of alkyl halides is 3. The Balaban J connectivity index is 1.28. The molecule has 2 atom stereocenters. The summed E-state index contributed by atoms with van der Waals surface area (Å²) >= 11 is 0. The maximum Gasteiger partial charge on any atom is 0.393 e. The van der Waals surface area contributed by atoms with Crippen LogP contribution in [0.4, 0.5) is 13.2 Å². The van der Waals surface area contributed by atoms with Crippen LogP contribution in [0.25, 0.3) is 22.2 Å². The van der Waals surface area contributed by atoms with Crippen molar-refractivity contribution in [3.05, 3.63) is 52.8 Å². The summed E-state index contributed by atoms with van der Waals surface area (Å²) in [4.78, 5) is 24.4. The van der Waals surface area contributed by atoms with E-state index in [0.29, 0.717) is 24.9 Å². The number of likely N-dealkylation sites (tertiary alicyclic amines) is 2. The second-order valence-corrected chi connectivity index (χ2v) is 11.9. The highest BCUT2D eigenvalue weighted by Gasteiger charge is 2.48. The minimum absolute atomic E-state index is 0.0935. The van der Waals surface area contributed by atoms with Crippen molar-refractivity contribution in [2.24, 2.45) is 5.92 Å². The summed E-state index contributed by atoms with van der Waals surface area (Å²) < 4.78 is 39.7. The molecule has 3 aromatic rings. The molecular formula is C31H39F3N4O2. The monoisotopic (exact) mass is 556 g/mol. The maximum absolute atomic E-state index is 13.2. The van der Waals surface area contributed by atoms with E-state index in [9.17, 15) is 23.1 Å². The number of aryl methyl sites for hydroxylation is 2. The normalized spacial score (nSPS) is 21.2. The Kier molecular flexibility index (Phi) is 7.99. The zero-order valence-electron chi connectivity index (χ0n) is 23.7. The molecule has 0 spiro atoms. The second kappa shape index (κ2) is 11.2. The van der Waals surface area contributed by atoms with Gasteiger partial charge in [0.15, 0.2) is 0 Å². The number of nitrogens with zero attached hydrogens (tertiary/aromatic N) is 3. The number of aromatic amines is 1. The smallest absolute Gasteiger partial charge is 0.393 e. The third-order valence-corrected chi connectivity index (χ3v) is 8.64. The van der Waals surface area contributed by atoms with Crippen LogP contribution < -0.4 is 0 Å². The second-order valence-electron chi connectivity index (χ2n) is 11.9. The SMILES string of the molecule is Cc1cc(-c2[nH]c3ccc(C4CCN(CC(=O)N5C[C@@H](C(F)(F)F)C[C@H]5CO)CC4)cc3c2C(C)C)cc(C)n1. The predicted molar refractivity (Wildman–Crippen MR) is 150 cm³/mol. The van der Waals surface area contributed by atoms with Gasteiger partial charge >= 0.3 is 6.18 Å². The summed E-state index contributed by atoms with van der Waals surface area (Å²) in [5.74, 6) is -1.21. The minimum Gasteiger partial charge on any atom is -0.394 e. The average Bonchev–Trinajstić information content (AvgIpc) is 3.50. The number of hydrogen-bond donors (Lipinski definition) is 2. The standard InChI is InChI=1S/C31H39F3N4O2/c1-18(2)29-26-13-22(5-6-27(26)36-30(29)23-11-19(3)35-20(4)12-23)21-7-9-37(10-8-21)16-28(40)38-15-24(31(32,33)34)14-25(38)17-39/h5-6,11-13,18,21,24-25,36,39H,7-10,14-17H2,1-4H3/t24-,25-/m0/s1. The van der Waals surface area contributed by atoms with E-state index in [4.69, 9.17) is 0 Å². The molecular weight excluding hydrogens is 517 g/mol. The third kappa shape index (κ3) is 5.77. The summed E-state index contributed by atoms with van der Waals surface area (Å²) in [6, 6.07) is 10.1. The quantitative estimate of drug-likeness (QED) is 0.395. The highest BCUT2D eigenvalue weighted by Crippen LogP contribution is 2.39. The Morgan fingerprint density at radius 3 is 2.40 bits per heavy atom. The van der Waals surface area contributed by atoms with Crippen LogP contribution in [-0.2, 0) is 4.79 Å². The van der Waals surface area contributed by atoms with Gasteiger partial charge in [0.05, 0.1) is 30.8 Å². The van der Waals surface area contributed by atoms with E-state index in [1.165, 1.54) is 21.4 Å². The topological polar surface area (TPSA) is 72.5 Å². The first-order valence-corrected chi connectivity index (χ1v) is 14.2. The lowest BCUT2D eigenvalue weighted by molar-refractivity contribution is -0.171. The van der Waals surface area contributed by atoms with Gasteiger partial charge in [0, 0.05) is 34.4 Å². The number of aromatic nitrogens is 2. The van der Waals surface area contributed by atoms with Gasteiger partial charge in [-0.05, 0) is 93.4 Å². The molecule has 2 aromatic heterocycles. The van der Waals surface area contributed by atoms with Gasteiger partial charge in [0.25, 0.3) is 0 Å².